The van der Waals surface area contributed by atoms with E-state index in [9.17, 15) is 0 Å². The monoisotopic (exact) mass is 204 g/mol. The van der Waals surface area contributed by atoms with Crippen LogP contribution in [0.15, 0.2) is 24.3 Å². The van der Waals surface area contributed by atoms with Crippen LogP contribution in [0, 0.1) is 11.8 Å². The molecule has 0 spiro atoms. The quantitative estimate of drug-likeness (QED) is 0.799. The summed E-state index contributed by atoms with van der Waals surface area (Å²) in [6.45, 7) is 4.84. The molecule has 0 saturated heterocycles. The molecule has 0 heterocycles. The van der Waals surface area contributed by atoms with E-state index in [0.29, 0.717) is 18.4 Å². The SMILES string of the molecule is CC(C)Cc1ccc(C2CC2CO)cc1. The smallest absolute Gasteiger partial charge is 0.0465 e. The van der Waals surface area contributed by atoms with Gasteiger partial charge in [0.2, 0.25) is 0 Å². The molecule has 2 atom stereocenters. The molecule has 82 valence electrons. The molecule has 1 aliphatic rings. The van der Waals surface area contributed by atoms with Gasteiger partial charge in [-0.1, -0.05) is 38.1 Å². The minimum Gasteiger partial charge on any atom is -0.396 e. The van der Waals surface area contributed by atoms with Gasteiger partial charge in [0.25, 0.3) is 0 Å². The first-order valence-corrected chi connectivity index (χ1v) is 5.90. The van der Waals surface area contributed by atoms with Crippen LogP contribution >= 0.6 is 0 Å². The third-order valence-corrected chi connectivity index (χ3v) is 3.21. The molecular formula is C14H20O. The fourth-order valence-corrected chi connectivity index (χ4v) is 2.23. The molecule has 1 aliphatic carbocycles. The zero-order chi connectivity index (χ0) is 10.8. The molecule has 0 aromatic heterocycles. The Balaban J connectivity index is 1.99. The maximum atomic E-state index is 9.01. The maximum Gasteiger partial charge on any atom is 0.0465 e. The number of aliphatic hydroxyl groups excluding tert-OH is 1. The predicted octanol–water partition coefficient (Wildman–Crippen LogP) is 2.98. The van der Waals surface area contributed by atoms with Crippen LogP contribution in [0.25, 0.3) is 0 Å². The Morgan fingerprint density at radius 2 is 1.93 bits per heavy atom. The molecule has 0 bridgehead atoms. The van der Waals surface area contributed by atoms with Gasteiger partial charge in [0, 0.05) is 6.61 Å². The van der Waals surface area contributed by atoms with Gasteiger partial charge >= 0.3 is 0 Å². The number of benzene rings is 1. The fraction of sp³-hybridized carbons (Fsp3) is 0.571. The van der Waals surface area contributed by atoms with Crippen molar-refractivity contribution in [3.8, 4) is 0 Å². The largest absolute Gasteiger partial charge is 0.396 e. The van der Waals surface area contributed by atoms with Gasteiger partial charge < -0.3 is 5.11 Å². The van der Waals surface area contributed by atoms with Crippen LogP contribution in [-0.2, 0) is 6.42 Å². The van der Waals surface area contributed by atoms with Crippen molar-refractivity contribution >= 4 is 0 Å². The van der Waals surface area contributed by atoms with Crippen molar-refractivity contribution < 1.29 is 5.11 Å². The first kappa shape index (κ1) is 10.7. The van der Waals surface area contributed by atoms with E-state index in [1.54, 1.807) is 0 Å². The molecule has 1 saturated carbocycles. The zero-order valence-electron chi connectivity index (χ0n) is 9.61. The highest BCUT2D eigenvalue weighted by Crippen LogP contribution is 2.46. The summed E-state index contributed by atoms with van der Waals surface area (Å²) in [6, 6.07) is 8.94. The van der Waals surface area contributed by atoms with Crippen LogP contribution in [0.2, 0.25) is 0 Å². The van der Waals surface area contributed by atoms with Gasteiger partial charge in [0.05, 0.1) is 0 Å². The predicted molar refractivity (Wildman–Crippen MR) is 62.9 cm³/mol. The molecule has 2 unspecified atom stereocenters. The first-order valence-electron chi connectivity index (χ1n) is 5.90. The van der Waals surface area contributed by atoms with Crippen molar-refractivity contribution in [2.45, 2.75) is 32.6 Å². The minimum atomic E-state index is 0.346. The highest BCUT2D eigenvalue weighted by molar-refractivity contribution is 5.29. The van der Waals surface area contributed by atoms with E-state index in [1.807, 2.05) is 0 Å². The summed E-state index contributed by atoms with van der Waals surface area (Å²) in [6.07, 6.45) is 2.33. The van der Waals surface area contributed by atoms with Gasteiger partial charge in [0.15, 0.2) is 0 Å². The van der Waals surface area contributed by atoms with E-state index >= 15 is 0 Å². The lowest BCUT2D eigenvalue weighted by Crippen LogP contribution is -1.94. The maximum absolute atomic E-state index is 9.01. The van der Waals surface area contributed by atoms with Gasteiger partial charge in [0.1, 0.15) is 0 Å². The molecule has 0 amide bonds. The lowest BCUT2D eigenvalue weighted by atomic mass is 10.0. The van der Waals surface area contributed by atoms with E-state index in [2.05, 4.69) is 38.1 Å². The molecule has 1 aromatic carbocycles. The zero-order valence-corrected chi connectivity index (χ0v) is 9.61. The molecular weight excluding hydrogens is 184 g/mol. The molecule has 1 heteroatoms. The molecule has 1 fully saturated rings. The average molecular weight is 204 g/mol. The Hall–Kier alpha value is -0.820. The van der Waals surface area contributed by atoms with E-state index in [0.717, 1.165) is 12.3 Å². The summed E-state index contributed by atoms with van der Waals surface area (Å²) >= 11 is 0. The van der Waals surface area contributed by atoms with Gasteiger partial charge in [-0.05, 0) is 41.7 Å². The Labute approximate surface area is 92.1 Å². The summed E-state index contributed by atoms with van der Waals surface area (Å²) in [5.41, 5.74) is 2.83. The Morgan fingerprint density at radius 1 is 1.27 bits per heavy atom. The van der Waals surface area contributed by atoms with Crippen molar-refractivity contribution in [2.75, 3.05) is 6.61 Å². The first-order chi connectivity index (χ1) is 7.20. The summed E-state index contributed by atoms with van der Waals surface area (Å²) in [7, 11) is 0. The summed E-state index contributed by atoms with van der Waals surface area (Å²) in [4.78, 5) is 0. The van der Waals surface area contributed by atoms with Crippen molar-refractivity contribution in [1.29, 1.82) is 0 Å². The van der Waals surface area contributed by atoms with Gasteiger partial charge in [-0.25, -0.2) is 0 Å². The molecule has 2 rings (SSSR count). The van der Waals surface area contributed by atoms with Crippen LogP contribution in [-0.4, -0.2) is 11.7 Å². The van der Waals surface area contributed by atoms with Crippen LogP contribution in [0.4, 0.5) is 0 Å². The van der Waals surface area contributed by atoms with Gasteiger partial charge in [-0.3, -0.25) is 0 Å². The number of rotatable bonds is 4. The average Bonchev–Trinajstić information content (AvgIpc) is 2.97. The van der Waals surface area contributed by atoms with E-state index in [1.165, 1.54) is 17.5 Å². The van der Waals surface area contributed by atoms with Gasteiger partial charge in [-0.2, -0.15) is 0 Å². The Bertz CT molecular complexity index is 313. The molecule has 1 N–H and O–H groups in total. The van der Waals surface area contributed by atoms with Crippen molar-refractivity contribution in [3.05, 3.63) is 35.4 Å². The van der Waals surface area contributed by atoms with Crippen LogP contribution in [0.5, 0.6) is 0 Å². The van der Waals surface area contributed by atoms with Crippen LogP contribution in [0.3, 0.4) is 0 Å². The standard InChI is InChI=1S/C14H20O/c1-10(2)7-11-3-5-12(6-4-11)14-8-13(14)9-15/h3-6,10,13-15H,7-9H2,1-2H3. The molecule has 1 aromatic rings. The van der Waals surface area contributed by atoms with Crippen LogP contribution in [0.1, 0.15) is 37.3 Å². The van der Waals surface area contributed by atoms with Crippen molar-refractivity contribution in [3.63, 3.8) is 0 Å². The fourth-order valence-electron chi connectivity index (χ4n) is 2.23. The third kappa shape index (κ3) is 2.60. The normalized spacial score (nSPS) is 24.5. The van der Waals surface area contributed by atoms with E-state index in [4.69, 9.17) is 5.11 Å². The highest BCUT2D eigenvalue weighted by atomic mass is 16.3. The van der Waals surface area contributed by atoms with E-state index in [-0.39, 0.29) is 0 Å². The number of hydrogen-bond acceptors (Lipinski definition) is 1. The topological polar surface area (TPSA) is 20.2 Å². The second-order valence-electron chi connectivity index (χ2n) is 5.12. The molecule has 15 heavy (non-hydrogen) atoms. The van der Waals surface area contributed by atoms with Crippen molar-refractivity contribution in [2.24, 2.45) is 11.8 Å². The van der Waals surface area contributed by atoms with E-state index < -0.39 is 0 Å². The molecule has 0 radical (unpaired) electrons. The van der Waals surface area contributed by atoms with Crippen molar-refractivity contribution in [1.82, 2.24) is 0 Å². The highest BCUT2D eigenvalue weighted by Gasteiger charge is 2.37. The second kappa shape index (κ2) is 4.36. The van der Waals surface area contributed by atoms with Gasteiger partial charge in [-0.15, -0.1) is 0 Å². The summed E-state index contributed by atoms with van der Waals surface area (Å²) < 4.78 is 0. The second-order valence-corrected chi connectivity index (χ2v) is 5.12. The Morgan fingerprint density at radius 3 is 2.40 bits per heavy atom. The van der Waals surface area contributed by atoms with Crippen LogP contribution < -0.4 is 0 Å². The molecule has 0 aliphatic heterocycles. The lowest BCUT2D eigenvalue weighted by Gasteiger charge is -2.06. The minimum absolute atomic E-state index is 0.346. The number of aliphatic hydroxyl groups is 1. The Kier molecular flexibility index (Phi) is 3.11. The summed E-state index contributed by atoms with van der Waals surface area (Å²) in [5.74, 6) is 1.88. The molecule has 1 nitrogen and oxygen atoms in total. The number of hydrogen-bond donors (Lipinski definition) is 1. The lowest BCUT2D eigenvalue weighted by molar-refractivity contribution is 0.274. The summed E-state index contributed by atoms with van der Waals surface area (Å²) in [5, 5.41) is 9.01. The third-order valence-electron chi connectivity index (χ3n) is 3.21.